The van der Waals surface area contributed by atoms with Crippen LogP contribution in [0.5, 0.6) is 5.75 Å². The molecule has 10 heteroatoms. The number of esters is 2. The van der Waals surface area contributed by atoms with Gasteiger partial charge in [-0.15, -0.1) is 0 Å². The summed E-state index contributed by atoms with van der Waals surface area (Å²) < 4.78 is 20.1. The monoisotopic (exact) mass is 473 g/mol. The Morgan fingerprint density at radius 2 is 1.76 bits per heavy atom. The fraction of sp³-hybridized carbons (Fsp3) is 0.458. The number of hydrogen-bond acceptors (Lipinski definition) is 9. The fourth-order valence-corrected chi connectivity index (χ4v) is 3.42. The average molecular weight is 474 g/mol. The number of aliphatic imine (C=N–C) groups is 1. The van der Waals surface area contributed by atoms with Crippen LogP contribution in [0, 0.1) is 0 Å². The third-order valence-electron chi connectivity index (χ3n) is 5.18. The van der Waals surface area contributed by atoms with Crippen molar-refractivity contribution in [2.24, 2.45) is 10.1 Å². The van der Waals surface area contributed by atoms with Gasteiger partial charge >= 0.3 is 18.0 Å². The van der Waals surface area contributed by atoms with Gasteiger partial charge in [0.2, 0.25) is 6.04 Å². The van der Waals surface area contributed by atoms with E-state index in [1.807, 2.05) is 0 Å². The maximum absolute atomic E-state index is 12.9. The first kappa shape index (κ1) is 26.6. The van der Waals surface area contributed by atoms with Crippen LogP contribution in [0.3, 0.4) is 0 Å². The SMILES string of the molecule is C=CCOC(=O)N(N=Cc1ccc(OC)cc1)C(C(=O)OC)C(=NC1CCCCC1)C(=O)OC. The molecule has 1 amide bonds. The van der Waals surface area contributed by atoms with E-state index in [0.29, 0.717) is 11.3 Å². The standard InChI is InChI=1S/C24H31N3O7/c1-5-15-34-24(30)27(25-16-17-11-13-19(31-2)14-12-17)21(23(29)33-4)20(22(28)32-3)26-18-9-7-6-8-10-18/h5,11-14,16,18,21H,1,6-10,15H2,2-4H3. The van der Waals surface area contributed by atoms with Crippen LogP contribution in [0.2, 0.25) is 0 Å². The summed E-state index contributed by atoms with van der Waals surface area (Å²) in [5.74, 6) is -1.14. The highest BCUT2D eigenvalue weighted by atomic mass is 16.6. The van der Waals surface area contributed by atoms with Crippen molar-refractivity contribution >= 4 is 30.0 Å². The summed E-state index contributed by atoms with van der Waals surface area (Å²) in [6.45, 7) is 3.39. The summed E-state index contributed by atoms with van der Waals surface area (Å²) in [7, 11) is 3.86. The molecule has 1 aliphatic rings. The van der Waals surface area contributed by atoms with Gasteiger partial charge in [-0.2, -0.15) is 10.1 Å². The van der Waals surface area contributed by atoms with Gasteiger partial charge in [0, 0.05) is 0 Å². The molecule has 1 aromatic carbocycles. The molecular formula is C24H31N3O7. The lowest BCUT2D eigenvalue weighted by molar-refractivity contribution is -0.145. The van der Waals surface area contributed by atoms with Gasteiger partial charge in [0.15, 0.2) is 5.71 Å². The van der Waals surface area contributed by atoms with Crippen LogP contribution in [-0.2, 0) is 23.8 Å². The van der Waals surface area contributed by atoms with E-state index in [1.165, 1.54) is 19.4 Å². The molecule has 2 rings (SSSR count). The molecule has 0 N–H and O–H groups in total. The van der Waals surface area contributed by atoms with E-state index in [0.717, 1.165) is 44.2 Å². The molecule has 184 valence electrons. The third-order valence-corrected chi connectivity index (χ3v) is 5.18. The molecule has 1 aliphatic carbocycles. The van der Waals surface area contributed by atoms with Gasteiger partial charge < -0.3 is 18.9 Å². The van der Waals surface area contributed by atoms with Gasteiger partial charge in [0.05, 0.1) is 33.6 Å². The second kappa shape index (κ2) is 13.8. The molecule has 1 atom stereocenters. The van der Waals surface area contributed by atoms with Gasteiger partial charge in [-0.25, -0.2) is 14.4 Å². The zero-order valence-corrected chi connectivity index (χ0v) is 19.8. The van der Waals surface area contributed by atoms with Gasteiger partial charge in [-0.05, 0) is 42.7 Å². The van der Waals surface area contributed by atoms with Crippen molar-refractivity contribution in [2.45, 2.75) is 44.2 Å². The number of rotatable bonds is 10. The minimum atomic E-state index is -1.61. The molecule has 10 nitrogen and oxygen atoms in total. The van der Waals surface area contributed by atoms with Crippen LogP contribution in [0.25, 0.3) is 0 Å². The second-order valence-electron chi connectivity index (χ2n) is 7.45. The number of carbonyl (C=O) groups excluding carboxylic acids is 3. The molecule has 34 heavy (non-hydrogen) atoms. The van der Waals surface area contributed by atoms with Crippen molar-refractivity contribution in [2.75, 3.05) is 27.9 Å². The number of nitrogens with zero attached hydrogens (tertiary/aromatic N) is 3. The first-order chi connectivity index (χ1) is 16.4. The highest BCUT2D eigenvalue weighted by Gasteiger charge is 2.41. The lowest BCUT2D eigenvalue weighted by atomic mass is 9.95. The highest BCUT2D eigenvalue weighted by Crippen LogP contribution is 2.22. The number of methoxy groups -OCH3 is 3. The summed E-state index contributed by atoms with van der Waals surface area (Å²) in [6.07, 6.45) is 6.22. The van der Waals surface area contributed by atoms with Gasteiger partial charge in [-0.3, -0.25) is 4.99 Å². The number of hydrazone groups is 1. The Morgan fingerprint density at radius 3 is 2.32 bits per heavy atom. The number of carbonyl (C=O) groups is 3. The van der Waals surface area contributed by atoms with Crippen LogP contribution in [0.15, 0.2) is 47.0 Å². The maximum atomic E-state index is 12.9. The third kappa shape index (κ3) is 7.43. The summed E-state index contributed by atoms with van der Waals surface area (Å²) in [6, 6.07) is 5.05. The molecule has 0 aromatic heterocycles. The minimum Gasteiger partial charge on any atom is -0.497 e. The summed E-state index contributed by atoms with van der Waals surface area (Å²) in [4.78, 5) is 43.0. The molecule has 1 fully saturated rings. The van der Waals surface area contributed by atoms with E-state index in [1.54, 1.807) is 31.4 Å². The Balaban J connectivity index is 2.52. The van der Waals surface area contributed by atoms with Crippen molar-refractivity contribution in [1.82, 2.24) is 5.01 Å². The predicted octanol–water partition coefficient (Wildman–Crippen LogP) is 3.14. The van der Waals surface area contributed by atoms with E-state index < -0.39 is 24.1 Å². The molecule has 0 saturated heterocycles. The molecule has 0 aliphatic heterocycles. The molecule has 1 aromatic rings. The van der Waals surface area contributed by atoms with Crippen molar-refractivity contribution in [3.8, 4) is 5.75 Å². The van der Waals surface area contributed by atoms with Crippen molar-refractivity contribution in [3.05, 3.63) is 42.5 Å². The maximum Gasteiger partial charge on any atom is 0.431 e. The normalized spacial score (nSPS) is 15.3. The number of hydrogen-bond donors (Lipinski definition) is 0. The van der Waals surface area contributed by atoms with Gasteiger partial charge in [-0.1, -0.05) is 31.9 Å². The Kier molecular flexibility index (Phi) is 10.8. The largest absolute Gasteiger partial charge is 0.497 e. The van der Waals surface area contributed by atoms with E-state index in [-0.39, 0.29) is 18.4 Å². The number of amides is 1. The summed E-state index contributed by atoms with van der Waals surface area (Å²) in [5.41, 5.74) is 0.332. The predicted molar refractivity (Wildman–Crippen MR) is 126 cm³/mol. The fourth-order valence-electron chi connectivity index (χ4n) is 3.42. The topological polar surface area (TPSA) is 116 Å². The Morgan fingerprint density at radius 1 is 1.09 bits per heavy atom. The first-order valence-electron chi connectivity index (χ1n) is 10.9. The van der Waals surface area contributed by atoms with Crippen LogP contribution in [0.4, 0.5) is 4.79 Å². The van der Waals surface area contributed by atoms with Gasteiger partial charge in [0.25, 0.3) is 0 Å². The molecule has 1 unspecified atom stereocenters. The molecule has 0 bridgehead atoms. The zero-order chi connectivity index (χ0) is 24.9. The zero-order valence-electron chi connectivity index (χ0n) is 19.8. The quantitative estimate of drug-likeness (QED) is 0.168. The van der Waals surface area contributed by atoms with Crippen molar-refractivity contribution < 1.29 is 33.3 Å². The van der Waals surface area contributed by atoms with Crippen LogP contribution >= 0.6 is 0 Å². The summed E-state index contributed by atoms with van der Waals surface area (Å²) >= 11 is 0. The summed E-state index contributed by atoms with van der Waals surface area (Å²) in [5, 5.41) is 4.91. The number of ether oxygens (including phenoxy) is 4. The van der Waals surface area contributed by atoms with Crippen LogP contribution in [-0.4, -0.2) is 75.0 Å². The van der Waals surface area contributed by atoms with E-state index in [2.05, 4.69) is 16.7 Å². The Bertz CT molecular complexity index is 906. The first-order valence-corrected chi connectivity index (χ1v) is 10.9. The smallest absolute Gasteiger partial charge is 0.431 e. The Labute approximate surface area is 199 Å². The van der Waals surface area contributed by atoms with Gasteiger partial charge in [0.1, 0.15) is 12.4 Å². The lowest BCUT2D eigenvalue weighted by Crippen LogP contribution is -2.51. The minimum absolute atomic E-state index is 0.130. The average Bonchev–Trinajstić information content (AvgIpc) is 2.88. The second-order valence-corrected chi connectivity index (χ2v) is 7.45. The lowest BCUT2D eigenvalue weighted by Gasteiger charge is -2.26. The van der Waals surface area contributed by atoms with Crippen LogP contribution in [0.1, 0.15) is 37.7 Å². The molecular weight excluding hydrogens is 442 g/mol. The van der Waals surface area contributed by atoms with E-state index in [9.17, 15) is 14.4 Å². The Hall–Kier alpha value is -3.69. The molecule has 0 radical (unpaired) electrons. The van der Waals surface area contributed by atoms with Crippen LogP contribution < -0.4 is 4.74 Å². The molecule has 1 saturated carbocycles. The highest BCUT2D eigenvalue weighted by molar-refractivity contribution is 6.42. The number of benzene rings is 1. The van der Waals surface area contributed by atoms with Crippen molar-refractivity contribution in [3.63, 3.8) is 0 Å². The molecule has 0 heterocycles. The van der Waals surface area contributed by atoms with E-state index >= 15 is 0 Å². The van der Waals surface area contributed by atoms with Crippen molar-refractivity contribution in [1.29, 1.82) is 0 Å². The molecule has 0 spiro atoms. The van der Waals surface area contributed by atoms with E-state index in [4.69, 9.17) is 18.9 Å².